The molecule has 0 radical (unpaired) electrons. The predicted octanol–water partition coefficient (Wildman–Crippen LogP) is 6.47. The summed E-state index contributed by atoms with van der Waals surface area (Å²) < 4.78 is 0. The third kappa shape index (κ3) is 4.54. The lowest BCUT2D eigenvalue weighted by Crippen LogP contribution is -2.17. The van der Waals surface area contributed by atoms with E-state index in [9.17, 15) is 0 Å². The van der Waals surface area contributed by atoms with Crippen LogP contribution in [-0.2, 0) is 0 Å². The van der Waals surface area contributed by atoms with Gasteiger partial charge in [0.2, 0.25) is 0 Å². The van der Waals surface area contributed by atoms with E-state index in [1.54, 1.807) is 17.8 Å². The molecule has 1 unspecified atom stereocenters. The number of nitrogens with one attached hydrogen (secondary N) is 1. The van der Waals surface area contributed by atoms with E-state index in [2.05, 4.69) is 25.2 Å². The maximum absolute atomic E-state index is 6.39. The zero-order chi connectivity index (χ0) is 15.4. The van der Waals surface area contributed by atoms with Crippen molar-refractivity contribution >= 4 is 46.6 Å². The van der Waals surface area contributed by atoms with Gasteiger partial charge in [-0.15, -0.1) is 0 Å². The van der Waals surface area contributed by atoms with E-state index in [1.165, 1.54) is 5.56 Å². The number of hydrogen-bond acceptors (Lipinski definition) is 2. The van der Waals surface area contributed by atoms with Crippen molar-refractivity contribution in [2.45, 2.75) is 29.7 Å². The Labute approximate surface area is 145 Å². The van der Waals surface area contributed by atoms with Gasteiger partial charge in [-0.2, -0.15) is 0 Å². The molecule has 0 aliphatic heterocycles. The smallest absolute Gasteiger partial charge is 0.0603 e. The third-order valence-corrected chi connectivity index (χ3v) is 5.31. The van der Waals surface area contributed by atoms with E-state index in [0.29, 0.717) is 10.0 Å². The highest BCUT2D eigenvalue weighted by molar-refractivity contribution is 7.99. The van der Waals surface area contributed by atoms with Gasteiger partial charge >= 0.3 is 0 Å². The second kappa shape index (κ2) is 7.75. The third-order valence-electron chi connectivity index (χ3n) is 3.09. The molecule has 0 amide bonds. The van der Waals surface area contributed by atoms with Crippen LogP contribution in [0.25, 0.3) is 0 Å². The largest absolute Gasteiger partial charge is 0.310 e. The monoisotopic (exact) mass is 359 g/mol. The lowest BCUT2D eigenvalue weighted by Gasteiger charge is -2.14. The number of benzene rings is 2. The Morgan fingerprint density at radius 2 is 1.76 bits per heavy atom. The maximum Gasteiger partial charge on any atom is 0.0603 e. The summed E-state index contributed by atoms with van der Waals surface area (Å²) in [5, 5.41) is 5.23. The molecule has 0 saturated heterocycles. The predicted molar refractivity (Wildman–Crippen MR) is 94.1 cm³/mol. The van der Waals surface area contributed by atoms with Crippen LogP contribution in [0, 0.1) is 0 Å². The number of halogens is 3. The topological polar surface area (TPSA) is 12.0 Å². The van der Waals surface area contributed by atoms with Crippen LogP contribution in [0.3, 0.4) is 0 Å². The fourth-order valence-electron chi connectivity index (χ4n) is 1.96. The SMILES string of the molecule is CCNC(C)c1ccc(Sc2ccc(Cl)c(Cl)c2)c(Cl)c1. The minimum absolute atomic E-state index is 0.288. The summed E-state index contributed by atoms with van der Waals surface area (Å²) in [4.78, 5) is 2.02. The van der Waals surface area contributed by atoms with Gasteiger partial charge in [0.25, 0.3) is 0 Å². The van der Waals surface area contributed by atoms with Crippen molar-refractivity contribution in [2.75, 3.05) is 6.54 Å². The van der Waals surface area contributed by atoms with E-state index in [1.807, 2.05) is 24.3 Å². The standard InChI is InChI=1S/C16H16Cl3NS/c1-3-20-10(2)11-4-7-16(15(19)8-11)21-12-5-6-13(17)14(18)9-12/h4-10,20H,3H2,1-2H3. The van der Waals surface area contributed by atoms with Gasteiger partial charge in [-0.3, -0.25) is 0 Å². The quantitative estimate of drug-likeness (QED) is 0.656. The first-order chi connectivity index (χ1) is 10.0. The van der Waals surface area contributed by atoms with E-state index in [-0.39, 0.29) is 6.04 Å². The Balaban J connectivity index is 2.19. The molecule has 0 heterocycles. The Morgan fingerprint density at radius 1 is 1.00 bits per heavy atom. The summed E-state index contributed by atoms with van der Waals surface area (Å²) in [6.07, 6.45) is 0. The average molecular weight is 361 g/mol. The highest BCUT2D eigenvalue weighted by Crippen LogP contribution is 2.37. The lowest BCUT2D eigenvalue weighted by molar-refractivity contribution is 0.598. The highest BCUT2D eigenvalue weighted by atomic mass is 35.5. The van der Waals surface area contributed by atoms with Crippen molar-refractivity contribution in [1.82, 2.24) is 5.32 Å². The number of rotatable bonds is 5. The van der Waals surface area contributed by atoms with Gasteiger partial charge in [0.15, 0.2) is 0 Å². The van der Waals surface area contributed by atoms with Crippen molar-refractivity contribution in [1.29, 1.82) is 0 Å². The van der Waals surface area contributed by atoms with Gasteiger partial charge in [-0.25, -0.2) is 0 Å². The van der Waals surface area contributed by atoms with Crippen LogP contribution in [0.15, 0.2) is 46.2 Å². The van der Waals surface area contributed by atoms with Crippen molar-refractivity contribution in [3.63, 3.8) is 0 Å². The molecule has 0 aliphatic rings. The molecule has 0 bridgehead atoms. The Morgan fingerprint density at radius 3 is 2.38 bits per heavy atom. The van der Waals surface area contributed by atoms with Crippen molar-refractivity contribution in [2.24, 2.45) is 0 Å². The molecule has 0 fully saturated rings. The minimum Gasteiger partial charge on any atom is -0.310 e. The zero-order valence-corrected chi connectivity index (χ0v) is 14.9. The lowest BCUT2D eigenvalue weighted by atomic mass is 10.1. The van der Waals surface area contributed by atoms with Gasteiger partial charge in [0.1, 0.15) is 0 Å². The summed E-state index contributed by atoms with van der Waals surface area (Å²) in [6, 6.07) is 12.0. The Hall–Kier alpha value is -0.380. The van der Waals surface area contributed by atoms with Crippen LogP contribution in [0.2, 0.25) is 15.1 Å². The van der Waals surface area contributed by atoms with E-state index < -0.39 is 0 Å². The van der Waals surface area contributed by atoms with Gasteiger partial charge in [-0.05, 0) is 49.4 Å². The summed E-state index contributed by atoms with van der Waals surface area (Å²) in [5.74, 6) is 0. The maximum atomic E-state index is 6.39. The van der Waals surface area contributed by atoms with Crippen molar-refractivity contribution in [3.8, 4) is 0 Å². The zero-order valence-electron chi connectivity index (χ0n) is 11.8. The van der Waals surface area contributed by atoms with E-state index >= 15 is 0 Å². The van der Waals surface area contributed by atoms with Gasteiger partial charge in [0.05, 0.1) is 15.1 Å². The molecule has 1 N–H and O–H groups in total. The van der Waals surface area contributed by atoms with Crippen LogP contribution in [0.1, 0.15) is 25.5 Å². The second-order valence-corrected chi connectivity index (χ2v) is 6.98. The molecule has 0 saturated carbocycles. The first kappa shape index (κ1) is 17.0. The fraction of sp³-hybridized carbons (Fsp3) is 0.250. The molecule has 21 heavy (non-hydrogen) atoms. The van der Waals surface area contributed by atoms with E-state index in [0.717, 1.165) is 21.4 Å². The van der Waals surface area contributed by atoms with Crippen molar-refractivity contribution in [3.05, 3.63) is 57.0 Å². The van der Waals surface area contributed by atoms with Crippen molar-refractivity contribution < 1.29 is 0 Å². The summed E-state index contributed by atoms with van der Waals surface area (Å²) >= 11 is 19.9. The molecule has 0 spiro atoms. The fourth-order valence-corrected chi connectivity index (χ4v) is 3.49. The summed E-state index contributed by atoms with van der Waals surface area (Å²) in [6.45, 7) is 5.14. The first-order valence-corrected chi connectivity index (χ1v) is 8.62. The molecule has 2 aromatic carbocycles. The van der Waals surface area contributed by atoms with Crippen LogP contribution in [0.5, 0.6) is 0 Å². The molecule has 0 aromatic heterocycles. The van der Waals surface area contributed by atoms with Gasteiger partial charge in [-0.1, -0.05) is 59.6 Å². The van der Waals surface area contributed by atoms with Crippen LogP contribution >= 0.6 is 46.6 Å². The molecule has 2 aromatic rings. The number of hydrogen-bond donors (Lipinski definition) is 1. The molecule has 1 nitrogen and oxygen atoms in total. The highest BCUT2D eigenvalue weighted by Gasteiger charge is 2.09. The molecule has 2 rings (SSSR count). The normalized spacial score (nSPS) is 12.4. The minimum atomic E-state index is 0.288. The van der Waals surface area contributed by atoms with Crippen LogP contribution < -0.4 is 5.32 Å². The molecule has 1 atom stereocenters. The second-order valence-electron chi connectivity index (χ2n) is 4.65. The van der Waals surface area contributed by atoms with Gasteiger partial charge in [0, 0.05) is 15.8 Å². The first-order valence-electron chi connectivity index (χ1n) is 6.67. The van der Waals surface area contributed by atoms with Gasteiger partial charge < -0.3 is 5.32 Å². The molecule has 112 valence electrons. The average Bonchev–Trinajstić information content (AvgIpc) is 2.45. The molecular weight excluding hydrogens is 345 g/mol. The summed E-state index contributed by atoms with van der Waals surface area (Å²) in [5.41, 5.74) is 1.18. The summed E-state index contributed by atoms with van der Waals surface area (Å²) in [7, 11) is 0. The van der Waals surface area contributed by atoms with E-state index in [4.69, 9.17) is 34.8 Å². The molecule has 5 heteroatoms. The van der Waals surface area contributed by atoms with Crippen LogP contribution in [0.4, 0.5) is 0 Å². The Bertz CT molecular complexity index is 631. The Kier molecular flexibility index (Phi) is 6.27. The molecular formula is C16H16Cl3NS. The molecule has 0 aliphatic carbocycles. The van der Waals surface area contributed by atoms with Crippen LogP contribution in [-0.4, -0.2) is 6.54 Å².